The van der Waals surface area contributed by atoms with Crippen LogP contribution >= 0.6 is 23.2 Å². The molecule has 0 N–H and O–H groups in total. The maximum Gasteiger partial charge on any atom is 0.232 e. The van der Waals surface area contributed by atoms with Gasteiger partial charge in [0, 0.05) is 35.1 Å². The Morgan fingerprint density at radius 2 is 1.93 bits per heavy atom. The van der Waals surface area contributed by atoms with Crippen molar-refractivity contribution in [3.8, 4) is 11.4 Å². The van der Waals surface area contributed by atoms with E-state index < -0.39 is 0 Å². The Balaban J connectivity index is 1.41. The molecule has 0 spiro atoms. The summed E-state index contributed by atoms with van der Waals surface area (Å²) in [5.74, 6) is 1.01. The van der Waals surface area contributed by atoms with Gasteiger partial charge in [-0.3, -0.25) is 4.79 Å². The van der Waals surface area contributed by atoms with E-state index in [1.807, 2.05) is 41.3 Å². The van der Waals surface area contributed by atoms with Crippen molar-refractivity contribution in [3.05, 3.63) is 70.0 Å². The van der Waals surface area contributed by atoms with Crippen LogP contribution in [0.4, 0.5) is 0 Å². The molecule has 0 aliphatic carbocycles. The van der Waals surface area contributed by atoms with Crippen LogP contribution in [-0.2, 0) is 11.2 Å². The van der Waals surface area contributed by atoms with Gasteiger partial charge in [-0.05, 0) is 36.2 Å². The zero-order valence-corrected chi connectivity index (χ0v) is 16.0. The molecule has 3 aromatic rings. The van der Waals surface area contributed by atoms with E-state index in [9.17, 15) is 4.79 Å². The van der Waals surface area contributed by atoms with E-state index in [-0.39, 0.29) is 11.8 Å². The SMILES string of the molecule is O=C1CC(c2nc(-c3cccc(Cl)c3)no2)CN1CCc1ccc(Cl)cc1. The monoisotopic (exact) mass is 401 g/mol. The fourth-order valence-corrected chi connectivity index (χ4v) is 3.53. The predicted molar refractivity (Wildman–Crippen MR) is 104 cm³/mol. The maximum absolute atomic E-state index is 12.4. The van der Waals surface area contributed by atoms with Gasteiger partial charge >= 0.3 is 0 Å². The third kappa shape index (κ3) is 4.15. The van der Waals surface area contributed by atoms with Gasteiger partial charge in [0.15, 0.2) is 0 Å². The number of nitrogens with zero attached hydrogens (tertiary/aromatic N) is 3. The number of hydrogen-bond donors (Lipinski definition) is 0. The summed E-state index contributed by atoms with van der Waals surface area (Å²) in [5, 5.41) is 5.36. The highest BCUT2D eigenvalue weighted by molar-refractivity contribution is 6.31. The molecule has 2 heterocycles. The summed E-state index contributed by atoms with van der Waals surface area (Å²) in [6.07, 6.45) is 1.17. The molecule has 138 valence electrons. The van der Waals surface area contributed by atoms with Gasteiger partial charge in [0.2, 0.25) is 17.6 Å². The summed E-state index contributed by atoms with van der Waals surface area (Å²) in [6.45, 7) is 1.25. The minimum Gasteiger partial charge on any atom is -0.342 e. The van der Waals surface area contributed by atoms with Crippen molar-refractivity contribution in [2.24, 2.45) is 0 Å². The van der Waals surface area contributed by atoms with Crippen molar-refractivity contribution >= 4 is 29.1 Å². The van der Waals surface area contributed by atoms with E-state index in [1.165, 1.54) is 0 Å². The molecule has 4 rings (SSSR count). The fraction of sp³-hybridized carbons (Fsp3) is 0.250. The highest BCUT2D eigenvalue weighted by atomic mass is 35.5. The smallest absolute Gasteiger partial charge is 0.232 e. The standard InChI is InChI=1S/C20H17Cl2N3O2/c21-16-6-4-13(5-7-16)8-9-25-12-15(11-18(25)26)20-23-19(24-27-20)14-2-1-3-17(22)10-14/h1-7,10,15H,8-9,11-12H2. The Bertz CT molecular complexity index is 956. The quantitative estimate of drug-likeness (QED) is 0.626. The summed E-state index contributed by atoms with van der Waals surface area (Å²) < 4.78 is 5.42. The van der Waals surface area contributed by atoms with E-state index in [0.29, 0.717) is 41.3 Å². The van der Waals surface area contributed by atoms with Crippen molar-refractivity contribution in [3.63, 3.8) is 0 Å². The molecule has 1 amide bonds. The topological polar surface area (TPSA) is 59.2 Å². The molecule has 0 radical (unpaired) electrons. The zero-order valence-electron chi connectivity index (χ0n) is 14.4. The fourth-order valence-electron chi connectivity index (χ4n) is 3.21. The van der Waals surface area contributed by atoms with Crippen LogP contribution in [0.25, 0.3) is 11.4 Å². The molecule has 0 saturated carbocycles. The van der Waals surface area contributed by atoms with Crippen LogP contribution in [0.3, 0.4) is 0 Å². The first-order valence-corrected chi connectivity index (χ1v) is 9.46. The molecule has 27 heavy (non-hydrogen) atoms. The molecule has 1 fully saturated rings. The van der Waals surface area contributed by atoms with E-state index >= 15 is 0 Å². The molecule has 1 unspecified atom stereocenters. The van der Waals surface area contributed by atoms with Gasteiger partial charge in [0.25, 0.3) is 0 Å². The Morgan fingerprint density at radius 1 is 1.11 bits per heavy atom. The lowest BCUT2D eigenvalue weighted by Crippen LogP contribution is -2.27. The molecule has 1 aromatic heterocycles. The Labute approximate surface area is 166 Å². The number of benzene rings is 2. The first-order chi connectivity index (χ1) is 13.1. The van der Waals surface area contributed by atoms with Gasteiger partial charge < -0.3 is 9.42 Å². The molecule has 5 nitrogen and oxygen atoms in total. The van der Waals surface area contributed by atoms with Crippen LogP contribution in [0.5, 0.6) is 0 Å². The molecule has 1 saturated heterocycles. The van der Waals surface area contributed by atoms with Crippen LogP contribution < -0.4 is 0 Å². The lowest BCUT2D eigenvalue weighted by molar-refractivity contribution is -0.127. The van der Waals surface area contributed by atoms with E-state index in [4.69, 9.17) is 27.7 Å². The summed E-state index contributed by atoms with van der Waals surface area (Å²) in [5.41, 5.74) is 1.94. The Hall–Kier alpha value is -2.37. The van der Waals surface area contributed by atoms with Crippen molar-refractivity contribution in [2.45, 2.75) is 18.8 Å². The largest absolute Gasteiger partial charge is 0.342 e. The number of aromatic nitrogens is 2. The molecule has 1 aliphatic rings. The van der Waals surface area contributed by atoms with E-state index in [1.54, 1.807) is 12.1 Å². The molecule has 2 aromatic carbocycles. The number of halogens is 2. The van der Waals surface area contributed by atoms with Gasteiger partial charge in [-0.25, -0.2) is 0 Å². The predicted octanol–water partition coefficient (Wildman–Crippen LogP) is 4.60. The second kappa shape index (κ2) is 7.71. The molecular formula is C20H17Cl2N3O2. The zero-order chi connectivity index (χ0) is 18.8. The first-order valence-electron chi connectivity index (χ1n) is 8.70. The number of rotatable bonds is 5. The van der Waals surface area contributed by atoms with Crippen LogP contribution in [-0.4, -0.2) is 34.0 Å². The summed E-state index contributed by atoms with van der Waals surface area (Å²) >= 11 is 11.9. The van der Waals surface area contributed by atoms with Crippen molar-refractivity contribution in [1.82, 2.24) is 15.0 Å². The number of carbonyl (C=O) groups excluding carboxylic acids is 1. The molecule has 0 bridgehead atoms. The Morgan fingerprint density at radius 3 is 2.70 bits per heavy atom. The third-order valence-electron chi connectivity index (χ3n) is 4.67. The Kier molecular flexibility index (Phi) is 5.14. The van der Waals surface area contributed by atoms with Gasteiger partial charge in [0.05, 0.1) is 5.92 Å². The van der Waals surface area contributed by atoms with Crippen LogP contribution in [0.15, 0.2) is 53.1 Å². The second-order valence-corrected chi connectivity index (χ2v) is 7.46. The molecule has 1 aliphatic heterocycles. The first kappa shape index (κ1) is 18.0. The second-order valence-electron chi connectivity index (χ2n) is 6.58. The van der Waals surface area contributed by atoms with E-state index in [0.717, 1.165) is 17.5 Å². The summed E-state index contributed by atoms with van der Waals surface area (Å²) in [6, 6.07) is 15.0. The highest BCUT2D eigenvalue weighted by Gasteiger charge is 2.34. The van der Waals surface area contributed by atoms with Crippen molar-refractivity contribution < 1.29 is 9.32 Å². The minimum absolute atomic E-state index is 0.0804. The molecular weight excluding hydrogens is 385 g/mol. The van der Waals surface area contributed by atoms with Gasteiger partial charge in [-0.1, -0.05) is 52.6 Å². The van der Waals surface area contributed by atoms with Crippen LogP contribution in [0, 0.1) is 0 Å². The average molecular weight is 402 g/mol. The summed E-state index contributed by atoms with van der Waals surface area (Å²) in [7, 11) is 0. The normalized spacial score (nSPS) is 16.9. The molecule has 7 heteroatoms. The van der Waals surface area contributed by atoms with Gasteiger partial charge in [0.1, 0.15) is 0 Å². The average Bonchev–Trinajstić information content (AvgIpc) is 3.28. The van der Waals surface area contributed by atoms with Crippen molar-refractivity contribution in [2.75, 3.05) is 13.1 Å². The van der Waals surface area contributed by atoms with Crippen LogP contribution in [0.1, 0.15) is 23.8 Å². The highest BCUT2D eigenvalue weighted by Crippen LogP contribution is 2.29. The number of hydrogen-bond acceptors (Lipinski definition) is 4. The van der Waals surface area contributed by atoms with Gasteiger partial charge in [-0.2, -0.15) is 4.98 Å². The lowest BCUT2D eigenvalue weighted by atomic mass is 10.1. The summed E-state index contributed by atoms with van der Waals surface area (Å²) in [4.78, 5) is 18.7. The number of carbonyl (C=O) groups is 1. The maximum atomic E-state index is 12.4. The van der Waals surface area contributed by atoms with Gasteiger partial charge in [-0.15, -0.1) is 0 Å². The lowest BCUT2D eigenvalue weighted by Gasteiger charge is -2.15. The third-order valence-corrected chi connectivity index (χ3v) is 5.16. The van der Waals surface area contributed by atoms with Crippen molar-refractivity contribution in [1.29, 1.82) is 0 Å². The molecule has 1 atom stereocenters. The number of amides is 1. The number of likely N-dealkylation sites (tertiary alicyclic amines) is 1. The van der Waals surface area contributed by atoms with E-state index in [2.05, 4.69) is 10.1 Å². The minimum atomic E-state index is -0.0804. The van der Waals surface area contributed by atoms with Crippen LogP contribution in [0.2, 0.25) is 10.0 Å².